The largest absolute Gasteiger partial charge is 0.416 e. The monoisotopic (exact) mass is 411 g/mol. The molecule has 10 heteroatoms. The Morgan fingerprint density at radius 3 is 2.29 bits per heavy atom. The van der Waals surface area contributed by atoms with Crippen LogP contribution in [0.5, 0.6) is 0 Å². The maximum Gasteiger partial charge on any atom is 0.416 e. The second-order valence-corrected chi connectivity index (χ2v) is 7.90. The third kappa shape index (κ3) is 4.45. The third-order valence-corrected chi connectivity index (χ3v) is 4.88. The van der Waals surface area contributed by atoms with Crippen molar-refractivity contribution in [3.63, 3.8) is 0 Å². The Kier molecular flexibility index (Phi) is 5.07. The highest BCUT2D eigenvalue weighted by atomic mass is 32.2. The van der Waals surface area contributed by atoms with Gasteiger partial charge in [-0.15, -0.1) is 0 Å². The molecule has 1 aromatic heterocycles. The molecule has 0 bridgehead atoms. The first-order valence-corrected chi connectivity index (χ1v) is 9.70. The number of sulfone groups is 1. The van der Waals surface area contributed by atoms with Gasteiger partial charge in [0.2, 0.25) is 5.95 Å². The number of anilines is 2. The van der Waals surface area contributed by atoms with E-state index < -0.39 is 27.4 Å². The molecule has 0 aliphatic rings. The molecule has 0 spiro atoms. The lowest BCUT2D eigenvalue weighted by Gasteiger charge is -2.10. The molecule has 0 atom stereocenters. The highest BCUT2D eigenvalue weighted by molar-refractivity contribution is 7.90. The molecule has 0 unspecified atom stereocenters. The van der Waals surface area contributed by atoms with Crippen LogP contribution in [0, 0.1) is 5.82 Å². The first-order valence-electron chi connectivity index (χ1n) is 7.81. The summed E-state index contributed by atoms with van der Waals surface area (Å²) in [6.45, 7) is 0. The van der Waals surface area contributed by atoms with Crippen LogP contribution in [0.2, 0.25) is 0 Å². The molecule has 0 saturated carbocycles. The van der Waals surface area contributed by atoms with Gasteiger partial charge in [0.15, 0.2) is 9.84 Å². The number of aromatic nitrogens is 2. The molecule has 0 saturated heterocycles. The normalized spacial score (nSPS) is 12.0. The number of rotatable bonds is 4. The molecule has 0 radical (unpaired) electrons. The van der Waals surface area contributed by atoms with Gasteiger partial charge in [0, 0.05) is 23.7 Å². The molecule has 0 aliphatic carbocycles. The number of nitrogens with one attached hydrogen (secondary N) is 1. The Bertz CT molecular complexity index is 1110. The van der Waals surface area contributed by atoms with Gasteiger partial charge in [-0.1, -0.05) is 0 Å². The predicted octanol–water partition coefficient (Wildman–Crippen LogP) is 4.45. The molecule has 5 nitrogen and oxygen atoms in total. The number of hydrogen-bond donors (Lipinski definition) is 1. The van der Waals surface area contributed by atoms with E-state index in [1.54, 1.807) is 0 Å². The van der Waals surface area contributed by atoms with Crippen molar-refractivity contribution >= 4 is 21.5 Å². The van der Waals surface area contributed by atoms with Gasteiger partial charge in [0.1, 0.15) is 5.82 Å². The van der Waals surface area contributed by atoms with E-state index in [1.807, 2.05) is 0 Å². The van der Waals surface area contributed by atoms with Crippen LogP contribution in [0.4, 0.5) is 29.2 Å². The van der Waals surface area contributed by atoms with Crippen molar-refractivity contribution in [1.82, 2.24) is 9.97 Å². The highest BCUT2D eigenvalue weighted by Crippen LogP contribution is 2.30. The molecule has 28 heavy (non-hydrogen) atoms. The van der Waals surface area contributed by atoms with Crippen molar-refractivity contribution in [3.05, 3.63) is 66.1 Å². The van der Waals surface area contributed by atoms with Crippen LogP contribution in [0.15, 0.2) is 59.6 Å². The van der Waals surface area contributed by atoms with Crippen LogP contribution >= 0.6 is 0 Å². The van der Waals surface area contributed by atoms with E-state index in [9.17, 15) is 26.0 Å². The van der Waals surface area contributed by atoms with Crippen LogP contribution in [-0.4, -0.2) is 24.6 Å². The third-order valence-electron chi connectivity index (χ3n) is 3.77. The lowest BCUT2D eigenvalue weighted by Crippen LogP contribution is -2.05. The van der Waals surface area contributed by atoms with Crippen molar-refractivity contribution in [2.75, 3.05) is 11.6 Å². The number of nitrogens with zero attached hydrogens (tertiary/aromatic N) is 2. The van der Waals surface area contributed by atoms with Gasteiger partial charge in [0.25, 0.3) is 0 Å². The summed E-state index contributed by atoms with van der Waals surface area (Å²) in [6.07, 6.45) is -2.12. The Labute approximate surface area is 158 Å². The van der Waals surface area contributed by atoms with Gasteiger partial charge >= 0.3 is 6.18 Å². The summed E-state index contributed by atoms with van der Waals surface area (Å²) in [4.78, 5) is 7.99. The van der Waals surface area contributed by atoms with Gasteiger partial charge in [-0.2, -0.15) is 13.2 Å². The number of hydrogen-bond acceptors (Lipinski definition) is 5. The van der Waals surface area contributed by atoms with Crippen molar-refractivity contribution in [3.8, 4) is 11.3 Å². The Morgan fingerprint density at radius 1 is 1.00 bits per heavy atom. The molecule has 3 rings (SSSR count). The fourth-order valence-corrected chi connectivity index (χ4v) is 3.02. The van der Waals surface area contributed by atoms with Crippen LogP contribution in [0.25, 0.3) is 11.3 Å². The number of benzene rings is 2. The maximum atomic E-state index is 14.2. The van der Waals surface area contributed by atoms with E-state index in [-0.39, 0.29) is 22.1 Å². The second kappa shape index (κ2) is 7.19. The molecular weight excluding hydrogens is 398 g/mol. The summed E-state index contributed by atoms with van der Waals surface area (Å²) in [5, 5.41) is 2.73. The van der Waals surface area contributed by atoms with Crippen LogP contribution in [0.3, 0.4) is 0 Å². The first-order chi connectivity index (χ1) is 13.0. The van der Waals surface area contributed by atoms with E-state index >= 15 is 0 Å². The minimum Gasteiger partial charge on any atom is -0.324 e. The van der Waals surface area contributed by atoms with E-state index in [4.69, 9.17) is 0 Å². The van der Waals surface area contributed by atoms with Gasteiger partial charge < -0.3 is 5.32 Å². The fourth-order valence-electron chi connectivity index (χ4n) is 2.37. The molecular formula is C18H13F4N3O2S. The van der Waals surface area contributed by atoms with Gasteiger partial charge in [-0.25, -0.2) is 22.8 Å². The molecule has 0 fully saturated rings. The lowest BCUT2D eigenvalue weighted by atomic mass is 10.1. The van der Waals surface area contributed by atoms with Crippen LogP contribution < -0.4 is 5.32 Å². The van der Waals surface area contributed by atoms with Crippen molar-refractivity contribution in [2.45, 2.75) is 11.1 Å². The van der Waals surface area contributed by atoms with E-state index in [1.165, 1.54) is 24.4 Å². The minimum absolute atomic E-state index is 0.0152. The molecule has 0 aliphatic heterocycles. The van der Waals surface area contributed by atoms with Crippen molar-refractivity contribution < 1.29 is 26.0 Å². The topological polar surface area (TPSA) is 72.0 Å². The van der Waals surface area contributed by atoms with E-state index in [0.717, 1.165) is 36.6 Å². The molecule has 1 heterocycles. The molecule has 1 N–H and O–H groups in total. The molecule has 146 valence electrons. The summed E-state index contributed by atoms with van der Waals surface area (Å²) in [5.41, 5.74) is -0.420. The van der Waals surface area contributed by atoms with Gasteiger partial charge in [-0.05, 0) is 48.5 Å². The quantitative estimate of drug-likeness (QED) is 0.507. The summed E-state index contributed by atoms with van der Waals surface area (Å²) < 4.78 is 75.4. The standard InChI is InChI=1S/C18H13F4N3O2S/c1-28(26,27)13-6-7-15(19)14(10-13)16-8-9-23-17(25-16)24-12-4-2-11(3-5-12)18(20,21)22/h2-10H,1H3,(H,23,24,25). The second-order valence-electron chi connectivity index (χ2n) is 5.88. The summed E-state index contributed by atoms with van der Waals surface area (Å²) >= 11 is 0. The van der Waals surface area contributed by atoms with Crippen molar-refractivity contribution in [2.24, 2.45) is 0 Å². The SMILES string of the molecule is CS(=O)(=O)c1ccc(F)c(-c2ccnc(Nc3ccc(C(F)(F)F)cc3)n2)c1. The van der Waals surface area contributed by atoms with Crippen LogP contribution in [-0.2, 0) is 16.0 Å². The summed E-state index contributed by atoms with van der Waals surface area (Å²) in [7, 11) is -3.54. The zero-order valence-electron chi connectivity index (χ0n) is 14.3. The molecule has 3 aromatic rings. The smallest absolute Gasteiger partial charge is 0.324 e. The Hall–Kier alpha value is -3.01. The predicted molar refractivity (Wildman–Crippen MR) is 95.3 cm³/mol. The first kappa shape index (κ1) is 19.7. The van der Waals surface area contributed by atoms with E-state index in [2.05, 4.69) is 15.3 Å². The van der Waals surface area contributed by atoms with E-state index in [0.29, 0.717) is 5.69 Å². The maximum absolute atomic E-state index is 14.2. The number of halogens is 4. The average Bonchev–Trinajstić information content (AvgIpc) is 2.61. The molecule has 2 aromatic carbocycles. The Balaban J connectivity index is 1.91. The fraction of sp³-hybridized carbons (Fsp3) is 0.111. The van der Waals surface area contributed by atoms with Crippen molar-refractivity contribution in [1.29, 1.82) is 0 Å². The van der Waals surface area contributed by atoms with Crippen LogP contribution in [0.1, 0.15) is 5.56 Å². The highest BCUT2D eigenvalue weighted by Gasteiger charge is 2.29. The Morgan fingerprint density at radius 2 is 1.68 bits per heavy atom. The minimum atomic E-state index is -4.45. The summed E-state index contributed by atoms with van der Waals surface area (Å²) in [6, 6.07) is 8.96. The average molecular weight is 411 g/mol. The lowest BCUT2D eigenvalue weighted by molar-refractivity contribution is -0.137. The zero-order chi connectivity index (χ0) is 20.5. The molecule has 0 amide bonds. The zero-order valence-corrected chi connectivity index (χ0v) is 15.1. The van der Waals surface area contributed by atoms with Gasteiger partial charge in [0.05, 0.1) is 16.2 Å². The number of alkyl halides is 3. The summed E-state index contributed by atoms with van der Waals surface area (Å²) in [5.74, 6) is -0.659. The van der Waals surface area contributed by atoms with Gasteiger partial charge in [-0.3, -0.25) is 0 Å².